The fourth-order valence-corrected chi connectivity index (χ4v) is 3.10. The van der Waals surface area contributed by atoms with Crippen molar-refractivity contribution in [1.82, 2.24) is 15.6 Å². The van der Waals surface area contributed by atoms with Gasteiger partial charge in [-0.25, -0.2) is 4.99 Å². The number of nitrogens with zero attached hydrogens (tertiary/aromatic N) is 2. The zero-order valence-corrected chi connectivity index (χ0v) is 17.1. The van der Waals surface area contributed by atoms with Crippen molar-refractivity contribution in [2.24, 2.45) is 4.99 Å². The Morgan fingerprint density at radius 1 is 1.37 bits per heavy atom. The molecule has 152 valence electrons. The number of methoxy groups -OCH3 is 1. The first kappa shape index (κ1) is 21.4. The van der Waals surface area contributed by atoms with Crippen LogP contribution in [0.15, 0.2) is 11.2 Å². The van der Waals surface area contributed by atoms with Crippen LogP contribution in [0.2, 0.25) is 0 Å². The molecule has 1 fully saturated rings. The molecule has 1 atom stereocenters. The van der Waals surface area contributed by atoms with Gasteiger partial charge in [0.05, 0.1) is 32.1 Å². The highest BCUT2D eigenvalue weighted by Crippen LogP contribution is 2.24. The van der Waals surface area contributed by atoms with Crippen LogP contribution in [0, 0.1) is 13.8 Å². The number of rotatable bonds is 10. The van der Waals surface area contributed by atoms with Crippen molar-refractivity contribution in [3.05, 3.63) is 23.0 Å². The molecule has 2 heterocycles. The van der Waals surface area contributed by atoms with Crippen LogP contribution in [0.1, 0.15) is 43.0 Å². The predicted molar refractivity (Wildman–Crippen MR) is 107 cm³/mol. The van der Waals surface area contributed by atoms with E-state index in [4.69, 9.17) is 14.2 Å². The van der Waals surface area contributed by atoms with Gasteiger partial charge in [-0.3, -0.25) is 4.98 Å². The summed E-state index contributed by atoms with van der Waals surface area (Å²) in [5, 5.41) is 6.61. The maximum atomic E-state index is 5.69. The second-order valence-corrected chi connectivity index (χ2v) is 6.73. The Labute approximate surface area is 162 Å². The molecule has 1 aromatic heterocycles. The molecule has 7 heteroatoms. The fraction of sp³-hybridized carbons (Fsp3) is 0.700. The number of hydrogen-bond acceptors (Lipinski definition) is 5. The van der Waals surface area contributed by atoms with Crippen molar-refractivity contribution < 1.29 is 14.2 Å². The molecule has 0 amide bonds. The molecule has 0 aromatic carbocycles. The molecule has 0 aliphatic carbocycles. The molecule has 0 saturated carbocycles. The lowest BCUT2D eigenvalue weighted by atomic mass is 10.1. The summed E-state index contributed by atoms with van der Waals surface area (Å²) in [6, 6.07) is 0. The van der Waals surface area contributed by atoms with Gasteiger partial charge in [-0.15, -0.1) is 0 Å². The molecule has 1 aliphatic heterocycles. The largest absolute Gasteiger partial charge is 0.496 e. The number of aryl methyl sites for hydroxylation is 1. The molecular formula is C20H34N4O3. The van der Waals surface area contributed by atoms with Gasteiger partial charge in [-0.05, 0) is 40.0 Å². The zero-order valence-electron chi connectivity index (χ0n) is 17.1. The van der Waals surface area contributed by atoms with E-state index in [1.807, 2.05) is 20.0 Å². The summed E-state index contributed by atoms with van der Waals surface area (Å²) < 4.78 is 16.7. The quantitative estimate of drug-likeness (QED) is 0.370. The summed E-state index contributed by atoms with van der Waals surface area (Å²) in [7, 11) is 1.69. The predicted octanol–water partition coefficient (Wildman–Crippen LogP) is 2.35. The lowest BCUT2D eigenvalue weighted by Gasteiger charge is -2.14. The van der Waals surface area contributed by atoms with Gasteiger partial charge in [0.2, 0.25) is 0 Å². The lowest BCUT2D eigenvalue weighted by molar-refractivity contribution is 0.0168. The number of guanidine groups is 1. The topological polar surface area (TPSA) is 77.0 Å². The SMILES string of the molecule is CCNC(=NCc1ncc(C)c(OC)c1C)NCCCOCC1CCCO1. The highest BCUT2D eigenvalue weighted by atomic mass is 16.5. The van der Waals surface area contributed by atoms with Crippen molar-refractivity contribution in [2.75, 3.05) is 40.0 Å². The van der Waals surface area contributed by atoms with Gasteiger partial charge >= 0.3 is 0 Å². The van der Waals surface area contributed by atoms with Gasteiger partial charge in [0.25, 0.3) is 0 Å². The molecule has 2 N–H and O–H groups in total. The Morgan fingerprint density at radius 3 is 2.93 bits per heavy atom. The van der Waals surface area contributed by atoms with Crippen LogP contribution in [0.3, 0.4) is 0 Å². The Morgan fingerprint density at radius 2 is 2.22 bits per heavy atom. The van der Waals surface area contributed by atoms with Crippen LogP contribution >= 0.6 is 0 Å². The molecule has 27 heavy (non-hydrogen) atoms. The van der Waals surface area contributed by atoms with Crippen molar-refractivity contribution in [3.63, 3.8) is 0 Å². The smallest absolute Gasteiger partial charge is 0.191 e. The van der Waals surface area contributed by atoms with Crippen LogP contribution < -0.4 is 15.4 Å². The van der Waals surface area contributed by atoms with E-state index in [2.05, 4.69) is 27.5 Å². The van der Waals surface area contributed by atoms with Crippen LogP contribution in [0.4, 0.5) is 0 Å². The summed E-state index contributed by atoms with van der Waals surface area (Å²) >= 11 is 0. The lowest BCUT2D eigenvalue weighted by Crippen LogP contribution is -2.38. The van der Waals surface area contributed by atoms with Crippen molar-refractivity contribution in [2.45, 2.75) is 52.7 Å². The molecule has 1 saturated heterocycles. The monoisotopic (exact) mass is 378 g/mol. The summed E-state index contributed by atoms with van der Waals surface area (Å²) in [6.45, 7) is 10.5. The third-order valence-corrected chi connectivity index (χ3v) is 4.57. The molecule has 0 bridgehead atoms. The zero-order chi connectivity index (χ0) is 19.5. The van der Waals surface area contributed by atoms with E-state index < -0.39 is 0 Å². The summed E-state index contributed by atoms with van der Waals surface area (Å²) in [6.07, 6.45) is 5.32. The molecule has 2 rings (SSSR count). The van der Waals surface area contributed by atoms with Gasteiger partial charge in [0.15, 0.2) is 5.96 Å². The molecule has 1 aliphatic rings. The van der Waals surface area contributed by atoms with E-state index in [1.165, 1.54) is 0 Å². The van der Waals surface area contributed by atoms with E-state index in [9.17, 15) is 0 Å². The Kier molecular flexibility index (Phi) is 9.35. The number of aromatic nitrogens is 1. The number of ether oxygens (including phenoxy) is 3. The first-order valence-electron chi connectivity index (χ1n) is 9.86. The first-order chi connectivity index (χ1) is 13.2. The summed E-state index contributed by atoms with van der Waals surface area (Å²) in [5.41, 5.74) is 3.00. The molecule has 0 radical (unpaired) electrons. The Bertz CT molecular complexity index is 601. The number of aliphatic imine (C=N–C) groups is 1. The highest BCUT2D eigenvalue weighted by molar-refractivity contribution is 5.79. The van der Waals surface area contributed by atoms with Gasteiger partial charge in [-0.2, -0.15) is 0 Å². The van der Waals surface area contributed by atoms with Gasteiger partial charge in [0.1, 0.15) is 5.75 Å². The Balaban J connectivity index is 1.76. The highest BCUT2D eigenvalue weighted by Gasteiger charge is 2.15. The minimum Gasteiger partial charge on any atom is -0.496 e. The van der Waals surface area contributed by atoms with E-state index in [0.29, 0.717) is 19.3 Å². The third kappa shape index (κ3) is 6.99. The maximum absolute atomic E-state index is 5.69. The standard InChI is InChI=1S/C20H34N4O3/c1-5-21-20(22-9-7-10-26-14-17-8-6-11-27-17)24-13-18-16(3)19(25-4)15(2)12-23-18/h12,17H,5-11,13-14H2,1-4H3,(H2,21,22,24). The van der Waals surface area contributed by atoms with E-state index in [0.717, 1.165) is 74.1 Å². The van der Waals surface area contributed by atoms with Crippen molar-refractivity contribution in [3.8, 4) is 5.75 Å². The maximum Gasteiger partial charge on any atom is 0.191 e. The van der Waals surface area contributed by atoms with Crippen LogP contribution in [0.25, 0.3) is 0 Å². The van der Waals surface area contributed by atoms with E-state index in [-0.39, 0.29) is 0 Å². The van der Waals surface area contributed by atoms with E-state index >= 15 is 0 Å². The number of nitrogens with one attached hydrogen (secondary N) is 2. The molecule has 0 spiro atoms. The van der Waals surface area contributed by atoms with Crippen LogP contribution in [-0.2, 0) is 16.0 Å². The average molecular weight is 379 g/mol. The van der Waals surface area contributed by atoms with E-state index in [1.54, 1.807) is 7.11 Å². The summed E-state index contributed by atoms with van der Waals surface area (Å²) in [4.78, 5) is 9.15. The second-order valence-electron chi connectivity index (χ2n) is 6.73. The van der Waals surface area contributed by atoms with Crippen LogP contribution in [0.5, 0.6) is 5.75 Å². The molecule has 1 aromatic rings. The van der Waals surface area contributed by atoms with Gasteiger partial charge in [0, 0.05) is 43.6 Å². The molecule has 7 nitrogen and oxygen atoms in total. The third-order valence-electron chi connectivity index (χ3n) is 4.57. The second kappa shape index (κ2) is 11.8. The van der Waals surface area contributed by atoms with Gasteiger partial charge < -0.3 is 24.8 Å². The van der Waals surface area contributed by atoms with Gasteiger partial charge in [-0.1, -0.05) is 0 Å². The summed E-state index contributed by atoms with van der Waals surface area (Å²) in [5.74, 6) is 1.67. The normalized spacial score (nSPS) is 17.2. The number of hydrogen-bond donors (Lipinski definition) is 2. The minimum atomic E-state index is 0.291. The molecular weight excluding hydrogens is 344 g/mol. The van der Waals surface area contributed by atoms with Crippen molar-refractivity contribution in [1.29, 1.82) is 0 Å². The van der Waals surface area contributed by atoms with Crippen LogP contribution in [-0.4, -0.2) is 57.1 Å². The fourth-order valence-electron chi connectivity index (χ4n) is 3.10. The minimum absolute atomic E-state index is 0.291. The first-order valence-corrected chi connectivity index (χ1v) is 9.86. The number of pyridine rings is 1. The van der Waals surface area contributed by atoms with Crippen molar-refractivity contribution >= 4 is 5.96 Å². The molecule has 1 unspecified atom stereocenters. The Hall–Kier alpha value is -1.86. The average Bonchev–Trinajstić information content (AvgIpc) is 3.17.